The molecule has 2 rings (SSSR count). The molecule has 2 atom stereocenters. The summed E-state index contributed by atoms with van der Waals surface area (Å²) >= 11 is 0. The molecule has 1 heterocycles. The van der Waals surface area contributed by atoms with Gasteiger partial charge in [0.05, 0.1) is 6.10 Å². The van der Waals surface area contributed by atoms with E-state index in [9.17, 15) is 15.0 Å². The van der Waals surface area contributed by atoms with Crippen LogP contribution in [0.25, 0.3) is 0 Å². The summed E-state index contributed by atoms with van der Waals surface area (Å²) in [5, 5.41) is 18.7. The van der Waals surface area contributed by atoms with E-state index in [0.29, 0.717) is 13.0 Å². The third kappa shape index (κ3) is 2.71. The summed E-state index contributed by atoms with van der Waals surface area (Å²) in [6.45, 7) is 3.08. The lowest BCUT2D eigenvalue weighted by Gasteiger charge is -2.34. The first kappa shape index (κ1) is 13.1. The van der Waals surface area contributed by atoms with Gasteiger partial charge in [-0.1, -0.05) is 24.3 Å². The van der Waals surface area contributed by atoms with Gasteiger partial charge in [-0.2, -0.15) is 0 Å². The van der Waals surface area contributed by atoms with Crippen LogP contribution >= 0.6 is 0 Å². The van der Waals surface area contributed by atoms with Crippen LogP contribution in [0.2, 0.25) is 0 Å². The van der Waals surface area contributed by atoms with Crippen molar-refractivity contribution in [1.29, 1.82) is 0 Å². The number of aliphatic carboxylic acids is 1. The lowest BCUT2D eigenvalue weighted by Crippen LogP contribution is -2.40. The average Bonchev–Trinajstić information content (AvgIpc) is 2.35. The Hall–Kier alpha value is -1.39. The number of carbonyl (C=O) groups is 1. The van der Waals surface area contributed by atoms with Gasteiger partial charge in [0.25, 0.3) is 0 Å². The van der Waals surface area contributed by atoms with Gasteiger partial charge < -0.3 is 10.2 Å². The normalized spacial score (nSPS) is 21.3. The van der Waals surface area contributed by atoms with Crippen molar-refractivity contribution in [2.75, 3.05) is 13.1 Å². The number of rotatable bonds is 4. The summed E-state index contributed by atoms with van der Waals surface area (Å²) in [5.74, 6) is -0.812. The number of benzene rings is 1. The Kier molecular flexibility index (Phi) is 3.99. The molecule has 0 saturated carbocycles. The molecule has 0 spiro atoms. The third-order valence-electron chi connectivity index (χ3n) is 3.45. The largest absolute Gasteiger partial charge is 0.480 e. The molecule has 0 bridgehead atoms. The highest BCUT2D eigenvalue weighted by molar-refractivity contribution is 5.76. The quantitative estimate of drug-likeness (QED) is 0.847. The molecule has 4 heteroatoms. The van der Waals surface area contributed by atoms with Crippen LogP contribution < -0.4 is 0 Å². The van der Waals surface area contributed by atoms with Gasteiger partial charge in [-0.3, -0.25) is 9.69 Å². The summed E-state index contributed by atoms with van der Waals surface area (Å²) < 4.78 is 0. The summed E-state index contributed by atoms with van der Waals surface area (Å²) in [5.41, 5.74) is 2.01. The van der Waals surface area contributed by atoms with Gasteiger partial charge in [-0.15, -0.1) is 0 Å². The molecular formula is C14H19NO3. The molecule has 0 aliphatic carbocycles. The van der Waals surface area contributed by atoms with E-state index in [-0.39, 0.29) is 0 Å². The van der Waals surface area contributed by atoms with Gasteiger partial charge in [0.2, 0.25) is 0 Å². The van der Waals surface area contributed by atoms with Crippen molar-refractivity contribution in [1.82, 2.24) is 4.90 Å². The topological polar surface area (TPSA) is 60.8 Å². The second-order valence-electron chi connectivity index (χ2n) is 4.86. The molecule has 2 N–H and O–H groups in total. The van der Waals surface area contributed by atoms with E-state index in [2.05, 4.69) is 0 Å². The fourth-order valence-corrected chi connectivity index (χ4v) is 2.50. The number of aliphatic hydroxyl groups excluding tert-OH is 1. The van der Waals surface area contributed by atoms with Crippen LogP contribution in [-0.4, -0.2) is 40.3 Å². The second kappa shape index (κ2) is 5.50. The zero-order valence-electron chi connectivity index (χ0n) is 10.5. The molecule has 98 valence electrons. The Morgan fingerprint density at radius 2 is 2.22 bits per heavy atom. The Balaban J connectivity index is 2.21. The molecule has 18 heavy (non-hydrogen) atoms. The zero-order valence-corrected chi connectivity index (χ0v) is 10.5. The maximum Gasteiger partial charge on any atom is 0.325 e. The third-order valence-corrected chi connectivity index (χ3v) is 3.45. The van der Waals surface area contributed by atoms with Crippen LogP contribution in [0.4, 0.5) is 0 Å². The van der Waals surface area contributed by atoms with Crippen molar-refractivity contribution in [3.8, 4) is 0 Å². The predicted octanol–water partition coefficient (Wildman–Crippen LogP) is 1.44. The molecule has 0 radical (unpaired) electrons. The SMILES string of the molecule is CC(O)CCN1CCc2ccccc2C1C(=O)O. The molecule has 1 aromatic rings. The first-order chi connectivity index (χ1) is 8.59. The maximum atomic E-state index is 11.5. The van der Waals surface area contributed by atoms with Crippen LogP contribution in [0.5, 0.6) is 0 Å². The van der Waals surface area contributed by atoms with Gasteiger partial charge in [-0.25, -0.2) is 0 Å². The minimum Gasteiger partial charge on any atom is -0.480 e. The van der Waals surface area contributed by atoms with Crippen molar-refractivity contribution in [2.45, 2.75) is 31.9 Å². The summed E-state index contributed by atoms with van der Waals surface area (Å²) in [4.78, 5) is 13.4. The van der Waals surface area contributed by atoms with Crippen molar-refractivity contribution in [3.63, 3.8) is 0 Å². The highest BCUT2D eigenvalue weighted by atomic mass is 16.4. The number of fused-ring (bicyclic) bond motifs is 1. The van der Waals surface area contributed by atoms with Gasteiger partial charge >= 0.3 is 5.97 Å². The Labute approximate surface area is 107 Å². The number of hydrogen-bond donors (Lipinski definition) is 2. The van der Waals surface area contributed by atoms with E-state index in [4.69, 9.17) is 0 Å². The first-order valence-corrected chi connectivity index (χ1v) is 6.32. The molecular weight excluding hydrogens is 230 g/mol. The molecule has 0 aromatic heterocycles. The molecule has 2 unspecified atom stereocenters. The van der Waals surface area contributed by atoms with Gasteiger partial charge in [0.1, 0.15) is 6.04 Å². The van der Waals surface area contributed by atoms with Crippen molar-refractivity contribution >= 4 is 5.97 Å². The van der Waals surface area contributed by atoms with E-state index in [1.165, 1.54) is 0 Å². The first-order valence-electron chi connectivity index (χ1n) is 6.32. The smallest absolute Gasteiger partial charge is 0.325 e. The molecule has 0 amide bonds. The van der Waals surface area contributed by atoms with Crippen molar-refractivity contribution < 1.29 is 15.0 Å². The lowest BCUT2D eigenvalue weighted by molar-refractivity contribution is -0.144. The zero-order chi connectivity index (χ0) is 13.1. The van der Waals surface area contributed by atoms with E-state index in [1.807, 2.05) is 29.2 Å². The van der Waals surface area contributed by atoms with Crippen LogP contribution in [0.15, 0.2) is 24.3 Å². The standard InChI is InChI=1S/C14H19NO3/c1-10(16)6-8-15-9-7-11-4-2-3-5-12(11)13(15)14(17)18/h2-5,10,13,16H,6-9H2,1H3,(H,17,18). The van der Waals surface area contributed by atoms with Crippen molar-refractivity contribution in [3.05, 3.63) is 35.4 Å². The van der Waals surface area contributed by atoms with Crippen LogP contribution in [0.3, 0.4) is 0 Å². The van der Waals surface area contributed by atoms with E-state index in [0.717, 1.165) is 24.1 Å². The summed E-state index contributed by atoms with van der Waals surface area (Å²) in [7, 11) is 0. The summed E-state index contributed by atoms with van der Waals surface area (Å²) in [6.07, 6.45) is 1.09. The van der Waals surface area contributed by atoms with Crippen LogP contribution in [0, 0.1) is 0 Å². The molecule has 0 saturated heterocycles. The molecule has 1 aliphatic heterocycles. The fraction of sp³-hybridized carbons (Fsp3) is 0.500. The predicted molar refractivity (Wildman–Crippen MR) is 68.4 cm³/mol. The minimum absolute atomic E-state index is 0.392. The molecule has 4 nitrogen and oxygen atoms in total. The van der Waals surface area contributed by atoms with Gasteiger partial charge in [-0.05, 0) is 30.9 Å². The van der Waals surface area contributed by atoms with Crippen LogP contribution in [-0.2, 0) is 11.2 Å². The molecule has 0 fully saturated rings. The average molecular weight is 249 g/mol. The van der Waals surface area contributed by atoms with Gasteiger partial charge in [0, 0.05) is 13.1 Å². The Morgan fingerprint density at radius 1 is 1.50 bits per heavy atom. The second-order valence-corrected chi connectivity index (χ2v) is 4.86. The van der Waals surface area contributed by atoms with E-state index < -0.39 is 18.1 Å². The number of hydrogen-bond acceptors (Lipinski definition) is 3. The Bertz CT molecular complexity index is 431. The van der Waals surface area contributed by atoms with E-state index in [1.54, 1.807) is 6.92 Å². The number of carboxylic acid groups (broad SMARTS) is 1. The summed E-state index contributed by atoms with van der Waals surface area (Å²) in [6, 6.07) is 7.14. The van der Waals surface area contributed by atoms with Gasteiger partial charge in [0.15, 0.2) is 0 Å². The lowest BCUT2D eigenvalue weighted by atomic mass is 9.92. The van der Waals surface area contributed by atoms with Crippen LogP contribution in [0.1, 0.15) is 30.5 Å². The molecule has 1 aliphatic rings. The maximum absolute atomic E-state index is 11.5. The Morgan fingerprint density at radius 3 is 2.89 bits per heavy atom. The number of nitrogens with zero attached hydrogens (tertiary/aromatic N) is 1. The fourth-order valence-electron chi connectivity index (χ4n) is 2.50. The highest BCUT2D eigenvalue weighted by Gasteiger charge is 2.32. The van der Waals surface area contributed by atoms with E-state index >= 15 is 0 Å². The number of aliphatic hydroxyl groups is 1. The molecule has 1 aromatic carbocycles. The van der Waals surface area contributed by atoms with Crippen molar-refractivity contribution in [2.24, 2.45) is 0 Å². The minimum atomic E-state index is -0.812. The monoisotopic (exact) mass is 249 g/mol. The number of carboxylic acids is 1. The highest BCUT2D eigenvalue weighted by Crippen LogP contribution is 2.29.